The van der Waals surface area contributed by atoms with Gasteiger partial charge in [-0.05, 0) is 43.9 Å². The minimum Gasteiger partial charge on any atom is -0.487 e. The standard InChI is InChI=1S/C18H25N3O2/c1-11(2)8-12-6-7-14-13(9-12)18(10-17(3,4)23-14)15(22)21(5)16(19)20-18/h6-7,9,11H,8,10H2,1-5H3,(H2,19,20). The van der Waals surface area contributed by atoms with Crippen LogP contribution in [0, 0.1) is 5.92 Å². The molecule has 1 spiro atoms. The van der Waals surface area contributed by atoms with Crippen molar-refractivity contribution < 1.29 is 9.53 Å². The molecule has 1 atom stereocenters. The second-order valence-electron chi connectivity index (χ2n) is 7.66. The molecule has 0 bridgehead atoms. The summed E-state index contributed by atoms with van der Waals surface area (Å²) >= 11 is 0. The van der Waals surface area contributed by atoms with Crippen LogP contribution in [-0.4, -0.2) is 29.4 Å². The van der Waals surface area contributed by atoms with E-state index < -0.39 is 11.1 Å². The number of carbonyl (C=O) groups is 1. The molecule has 2 heterocycles. The van der Waals surface area contributed by atoms with Crippen LogP contribution in [0.5, 0.6) is 5.75 Å². The zero-order chi connectivity index (χ0) is 17.0. The number of nitrogens with two attached hydrogens (primary N) is 1. The molecule has 0 saturated carbocycles. The van der Waals surface area contributed by atoms with Crippen LogP contribution < -0.4 is 10.5 Å². The lowest BCUT2D eigenvalue weighted by Gasteiger charge is -2.41. The lowest BCUT2D eigenvalue weighted by Crippen LogP contribution is -2.49. The van der Waals surface area contributed by atoms with Crippen molar-refractivity contribution in [3.05, 3.63) is 29.3 Å². The second-order valence-corrected chi connectivity index (χ2v) is 7.66. The Balaban J connectivity index is 2.17. The lowest BCUT2D eigenvalue weighted by molar-refractivity contribution is -0.133. The van der Waals surface area contributed by atoms with Gasteiger partial charge >= 0.3 is 0 Å². The molecule has 0 fully saturated rings. The summed E-state index contributed by atoms with van der Waals surface area (Å²) < 4.78 is 6.10. The maximum atomic E-state index is 13.0. The normalized spacial score (nSPS) is 25.6. The van der Waals surface area contributed by atoms with Gasteiger partial charge in [0.2, 0.25) is 0 Å². The molecule has 23 heavy (non-hydrogen) atoms. The van der Waals surface area contributed by atoms with Gasteiger partial charge in [0.05, 0.1) is 0 Å². The fourth-order valence-electron chi connectivity index (χ4n) is 3.62. The Morgan fingerprint density at radius 2 is 2.09 bits per heavy atom. The van der Waals surface area contributed by atoms with Crippen LogP contribution in [0.15, 0.2) is 23.2 Å². The first-order valence-electron chi connectivity index (χ1n) is 8.10. The van der Waals surface area contributed by atoms with Crippen molar-refractivity contribution in [1.29, 1.82) is 0 Å². The number of aliphatic imine (C=N–C) groups is 1. The fourth-order valence-corrected chi connectivity index (χ4v) is 3.62. The summed E-state index contributed by atoms with van der Waals surface area (Å²) in [6.07, 6.45) is 1.44. The molecule has 0 radical (unpaired) electrons. The molecule has 2 N–H and O–H groups in total. The second kappa shape index (κ2) is 4.98. The number of likely N-dealkylation sites (N-methyl/N-ethyl adjacent to an activating group) is 1. The SMILES string of the molecule is CC(C)Cc1ccc2c(c1)C1(CC(C)(C)O2)N=C(N)N(C)C1=O. The van der Waals surface area contributed by atoms with Crippen molar-refractivity contribution >= 4 is 11.9 Å². The van der Waals surface area contributed by atoms with E-state index in [2.05, 4.69) is 31.0 Å². The van der Waals surface area contributed by atoms with Gasteiger partial charge in [0.15, 0.2) is 11.5 Å². The summed E-state index contributed by atoms with van der Waals surface area (Å²) in [4.78, 5) is 19.0. The van der Waals surface area contributed by atoms with Crippen LogP contribution in [0.25, 0.3) is 0 Å². The number of rotatable bonds is 2. The molecule has 124 valence electrons. The highest BCUT2D eigenvalue weighted by Gasteiger charge is 2.55. The van der Waals surface area contributed by atoms with E-state index in [1.807, 2.05) is 19.9 Å². The van der Waals surface area contributed by atoms with E-state index in [1.165, 1.54) is 10.5 Å². The zero-order valence-electron chi connectivity index (χ0n) is 14.5. The van der Waals surface area contributed by atoms with Gasteiger partial charge in [-0.2, -0.15) is 0 Å². The van der Waals surface area contributed by atoms with Gasteiger partial charge in [0.1, 0.15) is 11.4 Å². The van der Waals surface area contributed by atoms with Crippen molar-refractivity contribution in [1.82, 2.24) is 4.90 Å². The van der Waals surface area contributed by atoms with E-state index in [9.17, 15) is 4.79 Å². The van der Waals surface area contributed by atoms with Gasteiger partial charge in [-0.1, -0.05) is 19.9 Å². The van der Waals surface area contributed by atoms with E-state index in [-0.39, 0.29) is 11.9 Å². The van der Waals surface area contributed by atoms with Crippen LogP contribution in [0.1, 0.15) is 45.2 Å². The van der Waals surface area contributed by atoms with Gasteiger partial charge in [-0.25, -0.2) is 4.99 Å². The number of nitrogens with zero attached hydrogens (tertiary/aromatic N) is 2. The first-order valence-corrected chi connectivity index (χ1v) is 8.10. The average Bonchev–Trinajstić information content (AvgIpc) is 2.63. The molecule has 1 amide bonds. The molecule has 3 rings (SSSR count). The molecule has 1 aromatic carbocycles. The third-order valence-corrected chi connectivity index (χ3v) is 4.51. The quantitative estimate of drug-likeness (QED) is 0.911. The first kappa shape index (κ1) is 15.8. The van der Waals surface area contributed by atoms with Gasteiger partial charge in [0.25, 0.3) is 5.91 Å². The number of hydrogen-bond acceptors (Lipinski definition) is 4. The summed E-state index contributed by atoms with van der Waals surface area (Å²) in [6.45, 7) is 8.33. The smallest absolute Gasteiger partial charge is 0.261 e. The summed E-state index contributed by atoms with van der Waals surface area (Å²) in [7, 11) is 1.68. The topological polar surface area (TPSA) is 67.9 Å². The first-order chi connectivity index (χ1) is 10.6. The minimum absolute atomic E-state index is 0.0747. The summed E-state index contributed by atoms with van der Waals surface area (Å²) in [6, 6.07) is 6.11. The van der Waals surface area contributed by atoms with Gasteiger partial charge in [-0.3, -0.25) is 9.69 Å². The number of ether oxygens (including phenoxy) is 1. The summed E-state index contributed by atoms with van der Waals surface area (Å²) in [5.41, 5.74) is 6.55. The van der Waals surface area contributed by atoms with Crippen LogP contribution in [0.3, 0.4) is 0 Å². The highest BCUT2D eigenvalue weighted by atomic mass is 16.5. The molecule has 2 aliphatic rings. The molecule has 1 unspecified atom stereocenters. The molecule has 0 saturated heterocycles. The number of guanidine groups is 1. The number of amides is 1. The Morgan fingerprint density at radius 1 is 1.39 bits per heavy atom. The van der Waals surface area contributed by atoms with E-state index >= 15 is 0 Å². The summed E-state index contributed by atoms with van der Waals surface area (Å²) in [5, 5.41) is 0. The van der Waals surface area contributed by atoms with Crippen molar-refractivity contribution in [3.63, 3.8) is 0 Å². The van der Waals surface area contributed by atoms with Crippen LogP contribution >= 0.6 is 0 Å². The van der Waals surface area contributed by atoms with E-state index in [0.717, 1.165) is 17.7 Å². The third kappa shape index (κ3) is 2.48. The Bertz CT molecular complexity index is 694. The van der Waals surface area contributed by atoms with E-state index in [1.54, 1.807) is 7.05 Å². The lowest BCUT2D eigenvalue weighted by atomic mass is 9.77. The molecule has 5 heteroatoms. The van der Waals surface area contributed by atoms with Crippen molar-refractivity contribution in [3.8, 4) is 5.75 Å². The Hall–Kier alpha value is -2.04. The van der Waals surface area contributed by atoms with E-state index in [0.29, 0.717) is 12.3 Å². The number of benzene rings is 1. The maximum absolute atomic E-state index is 13.0. The fraction of sp³-hybridized carbons (Fsp3) is 0.556. The highest BCUT2D eigenvalue weighted by molar-refractivity contribution is 6.07. The third-order valence-electron chi connectivity index (χ3n) is 4.51. The highest BCUT2D eigenvalue weighted by Crippen LogP contribution is 2.49. The van der Waals surface area contributed by atoms with Crippen LogP contribution in [-0.2, 0) is 16.8 Å². The monoisotopic (exact) mass is 315 g/mol. The van der Waals surface area contributed by atoms with Crippen molar-refractivity contribution in [2.45, 2.75) is 51.7 Å². The Kier molecular flexibility index (Phi) is 3.43. The van der Waals surface area contributed by atoms with Gasteiger partial charge in [-0.15, -0.1) is 0 Å². The largest absolute Gasteiger partial charge is 0.487 e. The number of carbonyl (C=O) groups excluding carboxylic acids is 1. The summed E-state index contributed by atoms with van der Waals surface area (Å²) in [5.74, 6) is 1.47. The van der Waals surface area contributed by atoms with Crippen LogP contribution in [0.2, 0.25) is 0 Å². The van der Waals surface area contributed by atoms with Crippen LogP contribution in [0.4, 0.5) is 0 Å². The van der Waals surface area contributed by atoms with Crippen molar-refractivity contribution in [2.24, 2.45) is 16.6 Å². The number of fused-ring (bicyclic) bond motifs is 2. The molecule has 5 nitrogen and oxygen atoms in total. The molecular weight excluding hydrogens is 290 g/mol. The number of hydrogen-bond donors (Lipinski definition) is 1. The molecule has 0 aliphatic carbocycles. The van der Waals surface area contributed by atoms with Crippen molar-refractivity contribution in [2.75, 3.05) is 7.05 Å². The van der Waals surface area contributed by atoms with Gasteiger partial charge < -0.3 is 10.5 Å². The zero-order valence-corrected chi connectivity index (χ0v) is 14.5. The molecular formula is C18H25N3O2. The molecule has 0 aromatic heterocycles. The predicted molar refractivity (Wildman–Crippen MR) is 90.4 cm³/mol. The maximum Gasteiger partial charge on any atom is 0.261 e. The van der Waals surface area contributed by atoms with Gasteiger partial charge in [0, 0.05) is 19.0 Å². The molecule has 2 aliphatic heterocycles. The predicted octanol–water partition coefficient (Wildman–Crippen LogP) is 2.43. The van der Waals surface area contributed by atoms with E-state index in [4.69, 9.17) is 10.5 Å². The minimum atomic E-state index is -0.955. The average molecular weight is 315 g/mol. The Morgan fingerprint density at radius 3 is 2.65 bits per heavy atom. The molecule has 1 aromatic rings. The Labute approximate surface area is 137 Å².